The summed E-state index contributed by atoms with van der Waals surface area (Å²) in [7, 11) is 1.72. The number of nitrogens with zero attached hydrogens (tertiary/aromatic N) is 1. The van der Waals surface area contributed by atoms with Gasteiger partial charge in [-0.15, -0.1) is 0 Å². The van der Waals surface area contributed by atoms with E-state index in [-0.39, 0.29) is 23.5 Å². The fraction of sp³-hybridized carbons (Fsp3) is 0.565. The van der Waals surface area contributed by atoms with Crippen molar-refractivity contribution in [3.63, 3.8) is 0 Å². The number of hydrogen-bond donors (Lipinski definition) is 3. The highest BCUT2D eigenvalue weighted by atomic mass is 16.5. The van der Waals surface area contributed by atoms with Crippen LogP contribution in [0.5, 0.6) is 0 Å². The Hall–Kier alpha value is -2.18. The third-order valence-corrected chi connectivity index (χ3v) is 6.08. The standard InChI is InChI=1S/C23H32N4O2/c1-23(2,3)18-8-14(13-5-6-13)7-17-19(24)10-20(27-21(17)18)22(28)26-11-15-9-16(29-4)12-25-15/h7-8,10,13,15-16,25H,5-6,9,11-12H2,1-4H3,(H2,24,27)(H,26,28)/t15-,16+/m0/s1. The first-order valence-corrected chi connectivity index (χ1v) is 10.5. The van der Waals surface area contributed by atoms with Crippen molar-refractivity contribution in [2.24, 2.45) is 0 Å². The Kier molecular flexibility index (Phi) is 5.25. The minimum atomic E-state index is -0.188. The Morgan fingerprint density at radius 2 is 2.07 bits per heavy atom. The van der Waals surface area contributed by atoms with Gasteiger partial charge in [0.05, 0.1) is 11.6 Å². The van der Waals surface area contributed by atoms with E-state index in [0.717, 1.165) is 29.4 Å². The van der Waals surface area contributed by atoms with Crippen LogP contribution in [0.1, 0.15) is 67.6 Å². The molecule has 1 saturated carbocycles. The maximum Gasteiger partial charge on any atom is 0.270 e. The molecule has 1 aromatic heterocycles. The number of benzene rings is 1. The SMILES string of the molecule is CO[C@H]1CN[C@H](CNC(=O)c2cc(N)c3cc(C4CC4)cc(C(C)(C)C)c3n2)C1. The fourth-order valence-electron chi connectivity index (χ4n) is 4.14. The van der Waals surface area contributed by atoms with Crippen LogP contribution in [0.2, 0.25) is 0 Å². The predicted molar refractivity (Wildman–Crippen MR) is 116 cm³/mol. The molecule has 0 radical (unpaired) electrons. The van der Waals surface area contributed by atoms with Crippen molar-refractivity contribution < 1.29 is 9.53 Å². The zero-order valence-corrected chi connectivity index (χ0v) is 17.8. The number of nitrogens with one attached hydrogen (secondary N) is 2. The number of hydrogen-bond acceptors (Lipinski definition) is 5. The Labute approximate surface area is 172 Å². The molecule has 4 rings (SSSR count). The number of aromatic nitrogens is 1. The van der Waals surface area contributed by atoms with Crippen molar-refractivity contribution in [3.05, 3.63) is 35.0 Å². The highest BCUT2D eigenvalue weighted by Gasteiger charge is 2.28. The van der Waals surface area contributed by atoms with Crippen molar-refractivity contribution in [3.8, 4) is 0 Å². The first-order valence-electron chi connectivity index (χ1n) is 10.5. The number of rotatable bonds is 5. The van der Waals surface area contributed by atoms with E-state index in [9.17, 15) is 4.79 Å². The molecule has 0 unspecified atom stereocenters. The van der Waals surface area contributed by atoms with Crippen molar-refractivity contribution in [2.45, 2.75) is 63.5 Å². The molecule has 1 saturated heterocycles. The van der Waals surface area contributed by atoms with Gasteiger partial charge in [0.2, 0.25) is 0 Å². The third kappa shape index (κ3) is 4.23. The lowest BCUT2D eigenvalue weighted by Gasteiger charge is -2.23. The van der Waals surface area contributed by atoms with Gasteiger partial charge in [-0.3, -0.25) is 4.79 Å². The normalized spacial score (nSPS) is 22.2. The van der Waals surface area contributed by atoms with Gasteiger partial charge in [-0.05, 0) is 53.9 Å². The highest BCUT2D eigenvalue weighted by Crippen LogP contribution is 2.44. The molecule has 2 aliphatic rings. The molecular formula is C23H32N4O2. The van der Waals surface area contributed by atoms with Gasteiger partial charge in [-0.25, -0.2) is 4.98 Å². The van der Waals surface area contributed by atoms with Crippen LogP contribution in [0.25, 0.3) is 10.9 Å². The summed E-state index contributed by atoms with van der Waals surface area (Å²) < 4.78 is 5.37. The Morgan fingerprint density at radius 1 is 1.31 bits per heavy atom. The largest absolute Gasteiger partial charge is 0.398 e. The molecule has 4 N–H and O–H groups in total. The smallest absolute Gasteiger partial charge is 0.270 e. The summed E-state index contributed by atoms with van der Waals surface area (Å²) in [4.78, 5) is 17.6. The summed E-state index contributed by atoms with van der Waals surface area (Å²) in [6, 6.07) is 6.36. The lowest BCUT2D eigenvalue weighted by Crippen LogP contribution is -2.37. The minimum absolute atomic E-state index is 0.0827. The fourth-order valence-corrected chi connectivity index (χ4v) is 4.14. The van der Waals surface area contributed by atoms with Crippen LogP contribution in [0, 0.1) is 0 Å². The maximum atomic E-state index is 12.8. The zero-order valence-electron chi connectivity index (χ0n) is 17.8. The molecule has 2 heterocycles. The average Bonchev–Trinajstić information content (AvgIpc) is 3.42. The van der Waals surface area contributed by atoms with Crippen molar-refractivity contribution in [1.82, 2.24) is 15.6 Å². The van der Waals surface area contributed by atoms with Crippen LogP contribution >= 0.6 is 0 Å². The molecule has 29 heavy (non-hydrogen) atoms. The third-order valence-electron chi connectivity index (χ3n) is 6.08. The van der Waals surface area contributed by atoms with Crippen LogP contribution in [0.3, 0.4) is 0 Å². The first-order chi connectivity index (χ1) is 13.8. The van der Waals surface area contributed by atoms with E-state index < -0.39 is 0 Å². The molecule has 0 bridgehead atoms. The summed E-state index contributed by atoms with van der Waals surface area (Å²) >= 11 is 0. The van der Waals surface area contributed by atoms with Gasteiger partial charge in [0.15, 0.2) is 0 Å². The van der Waals surface area contributed by atoms with Gasteiger partial charge in [0.25, 0.3) is 5.91 Å². The highest BCUT2D eigenvalue weighted by molar-refractivity contribution is 6.00. The number of ether oxygens (including phenoxy) is 1. The molecule has 1 amide bonds. The quantitative estimate of drug-likeness (QED) is 0.723. The lowest BCUT2D eigenvalue weighted by atomic mass is 9.83. The number of carbonyl (C=O) groups excluding carboxylic acids is 1. The summed E-state index contributed by atoms with van der Waals surface area (Å²) in [5.74, 6) is 0.449. The van der Waals surface area contributed by atoms with Crippen LogP contribution in [-0.2, 0) is 10.2 Å². The molecular weight excluding hydrogens is 364 g/mol. The van der Waals surface area contributed by atoms with Crippen molar-refractivity contribution in [2.75, 3.05) is 25.9 Å². The number of pyridine rings is 1. The van der Waals surface area contributed by atoms with Crippen molar-refractivity contribution >= 4 is 22.5 Å². The minimum Gasteiger partial charge on any atom is -0.398 e. The van der Waals surface area contributed by atoms with Gasteiger partial charge >= 0.3 is 0 Å². The van der Waals surface area contributed by atoms with E-state index in [1.165, 1.54) is 18.4 Å². The monoisotopic (exact) mass is 396 g/mol. The van der Waals surface area contributed by atoms with Gasteiger partial charge < -0.3 is 21.1 Å². The number of anilines is 1. The maximum absolute atomic E-state index is 12.8. The van der Waals surface area contributed by atoms with E-state index in [2.05, 4.69) is 43.5 Å². The molecule has 1 aliphatic carbocycles. The number of nitrogens with two attached hydrogens (primary N) is 1. The molecule has 1 aliphatic heterocycles. The predicted octanol–water partition coefficient (Wildman–Crippen LogP) is 3.10. The van der Waals surface area contributed by atoms with E-state index in [1.54, 1.807) is 13.2 Å². The van der Waals surface area contributed by atoms with Gasteiger partial charge in [-0.1, -0.05) is 26.8 Å². The second-order valence-corrected chi connectivity index (χ2v) is 9.49. The van der Waals surface area contributed by atoms with Crippen molar-refractivity contribution in [1.29, 1.82) is 0 Å². The molecule has 2 atom stereocenters. The molecule has 6 nitrogen and oxygen atoms in total. The second-order valence-electron chi connectivity index (χ2n) is 9.49. The Bertz CT molecular complexity index is 931. The zero-order chi connectivity index (χ0) is 20.8. The Morgan fingerprint density at radius 3 is 2.69 bits per heavy atom. The number of carbonyl (C=O) groups is 1. The Balaban J connectivity index is 1.62. The number of methoxy groups -OCH3 is 1. The average molecular weight is 397 g/mol. The molecule has 1 aromatic carbocycles. The number of amides is 1. The van der Waals surface area contributed by atoms with Gasteiger partial charge in [-0.2, -0.15) is 0 Å². The summed E-state index contributed by atoms with van der Waals surface area (Å²) in [5, 5.41) is 7.33. The van der Waals surface area contributed by atoms with E-state index in [4.69, 9.17) is 15.5 Å². The summed E-state index contributed by atoms with van der Waals surface area (Å²) in [6.45, 7) is 7.91. The van der Waals surface area contributed by atoms with E-state index >= 15 is 0 Å². The van der Waals surface area contributed by atoms with Crippen LogP contribution in [-0.4, -0.2) is 43.2 Å². The molecule has 0 spiro atoms. The van der Waals surface area contributed by atoms with Crippen LogP contribution in [0.4, 0.5) is 5.69 Å². The van der Waals surface area contributed by atoms with Crippen LogP contribution in [0.15, 0.2) is 18.2 Å². The second kappa shape index (κ2) is 7.58. The first kappa shape index (κ1) is 20.1. The van der Waals surface area contributed by atoms with Crippen LogP contribution < -0.4 is 16.4 Å². The van der Waals surface area contributed by atoms with Gasteiger partial charge in [0.1, 0.15) is 5.69 Å². The summed E-state index contributed by atoms with van der Waals surface area (Å²) in [5.41, 5.74) is 10.6. The number of fused-ring (bicyclic) bond motifs is 1. The number of nitrogen functional groups attached to an aromatic ring is 1. The molecule has 6 heteroatoms. The van der Waals surface area contributed by atoms with Gasteiger partial charge in [0, 0.05) is 37.3 Å². The molecule has 2 fully saturated rings. The lowest BCUT2D eigenvalue weighted by molar-refractivity contribution is 0.0941. The van der Waals surface area contributed by atoms with E-state index in [1.807, 2.05) is 0 Å². The molecule has 2 aromatic rings. The summed E-state index contributed by atoms with van der Waals surface area (Å²) in [6.07, 6.45) is 3.58. The molecule has 156 valence electrons. The van der Waals surface area contributed by atoms with E-state index in [0.29, 0.717) is 23.8 Å². The topological polar surface area (TPSA) is 89.3 Å².